The molecule has 0 saturated heterocycles. The van der Waals surface area contributed by atoms with Gasteiger partial charge in [0.25, 0.3) is 0 Å². The van der Waals surface area contributed by atoms with Gasteiger partial charge in [0, 0.05) is 19.7 Å². The molecule has 5 nitrogen and oxygen atoms in total. The van der Waals surface area contributed by atoms with Crippen molar-refractivity contribution in [3.05, 3.63) is 39.7 Å². The largest absolute Gasteiger partial charge is 0.372 e. The Morgan fingerprint density at radius 3 is 2.69 bits per heavy atom. The van der Waals surface area contributed by atoms with Gasteiger partial charge in [0.15, 0.2) is 0 Å². The quantitative estimate of drug-likeness (QED) is 0.626. The van der Waals surface area contributed by atoms with Gasteiger partial charge in [-0.15, -0.1) is 0 Å². The van der Waals surface area contributed by atoms with Crippen molar-refractivity contribution in [1.82, 2.24) is 0 Å². The molecule has 0 aliphatic heterocycles. The zero-order valence-electron chi connectivity index (χ0n) is 9.07. The predicted molar refractivity (Wildman–Crippen MR) is 56.5 cm³/mol. The fourth-order valence-corrected chi connectivity index (χ4v) is 1.30. The van der Waals surface area contributed by atoms with Crippen molar-refractivity contribution in [3.8, 4) is 0 Å². The molecule has 1 aromatic carbocycles. The molecule has 0 aromatic heterocycles. The Morgan fingerprint density at radius 1 is 1.62 bits per heavy atom. The molecule has 0 radical (unpaired) electrons. The van der Waals surface area contributed by atoms with Gasteiger partial charge in [-0.25, -0.2) is 0 Å². The highest BCUT2D eigenvalue weighted by Gasteiger charge is 2.27. The molecule has 0 heterocycles. The van der Waals surface area contributed by atoms with Crippen molar-refractivity contribution < 1.29 is 14.1 Å². The number of benzene rings is 1. The highest BCUT2D eigenvalue weighted by molar-refractivity contribution is 5.38. The first-order valence-electron chi connectivity index (χ1n) is 4.64. The molecule has 2 N–H and O–H groups in total. The molecule has 16 heavy (non-hydrogen) atoms. The van der Waals surface area contributed by atoms with Gasteiger partial charge >= 0.3 is 5.69 Å². The molecular weight excluding hydrogens is 215 g/mol. The second kappa shape index (κ2) is 4.54. The van der Waals surface area contributed by atoms with Gasteiger partial charge in [-0.2, -0.15) is 4.39 Å². The summed E-state index contributed by atoms with van der Waals surface area (Å²) in [5, 5.41) is 10.6. The van der Waals surface area contributed by atoms with E-state index in [1.807, 2.05) is 0 Å². The number of rotatable bonds is 4. The second-order valence-electron chi connectivity index (χ2n) is 3.56. The monoisotopic (exact) mass is 228 g/mol. The first kappa shape index (κ1) is 12.5. The molecule has 1 unspecified atom stereocenters. The zero-order valence-corrected chi connectivity index (χ0v) is 9.07. The highest BCUT2D eigenvalue weighted by Crippen LogP contribution is 2.28. The van der Waals surface area contributed by atoms with Gasteiger partial charge < -0.3 is 10.5 Å². The summed E-state index contributed by atoms with van der Waals surface area (Å²) in [6.07, 6.45) is 0. The summed E-state index contributed by atoms with van der Waals surface area (Å²) in [5.74, 6) is -0.871. The minimum Gasteiger partial charge on any atom is -0.372 e. The van der Waals surface area contributed by atoms with Crippen molar-refractivity contribution in [1.29, 1.82) is 0 Å². The third-order valence-corrected chi connectivity index (χ3v) is 2.59. The molecule has 6 heteroatoms. The number of hydrogen-bond acceptors (Lipinski definition) is 4. The van der Waals surface area contributed by atoms with E-state index in [0.29, 0.717) is 5.56 Å². The number of nitrogens with zero attached hydrogens (tertiary/aromatic N) is 1. The van der Waals surface area contributed by atoms with Crippen molar-refractivity contribution in [3.63, 3.8) is 0 Å². The Morgan fingerprint density at radius 2 is 2.25 bits per heavy atom. The van der Waals surface area contributed by atoms with Crippen molar-refractivity contribution >= 4 is 5.69 Å². The van der Waals surface area contributed by atoms with Crippen LogP contribution in [0, 0.1) is 15.9 Å². The van der Waals surface area contributed by atoms with Crippen molar-refractivity contribution in [2.45, 2.75) is 12.5 Å². The van der Waals surface area contributed by atoms with Crippen LogP contribution in [0.4, 0.5) is 10.1 Å². The Balaban J connectivity index is 3.27. The van der Waals surface area contributed by atoms with Crippen LogP contribution in [0.25, 0.3) is 0 Å². The number of halogens is 1. The fraction of sp³-hybridized carbons (Fsp3) is 0.400. The van der Waals surface area contributed by atoms with E-state index in [0.717, 1.165) is 12.1 Å². The number of methoxy groups -OCH3 is 1. The van der Waals surface area contributed by atoms with Gasteiger partial charge in [0.1, 0.15) is 5.60 Å². The lowest BCUT2D eigenvalue weighted by Crippen LogP contribution is -2.33. The maximum Gasteiger partial charge on any atom is 0.305 e. The lowest BCUT2D eigenvalue weighted by molar-refractivity contribution is -0.387. The number of nitro groups is 1. The zero-order chi connectivity index (χ0) is 12.3. The van der Waals surface area contributed by atoms with E-state index in [1.54, 1.807) is 6.92 Å². The molecular formula is C10H13FN2O3. The van der Waals surface area contributed by atoms with Gasteiger partial charge in [-0.3, -0.25) is 10.1 Å². The maximum atomic E-state index is 13.1. The summed E-state index contributed by atoms with van der Waals surface area (Å²) in [4.78, 5) is 9.80. The molecule has 0 bridgehead atoms. The second-order valence-corrected chi connectivity index (χ2v) is 3.56. The van der Waals surface area contributed by atoms with E-state index in [9.17, 15) is 14.5 Å². The predicted octanol–water partition coefficient (Wildman–Crippen LogP) is 1.55. The Kier molecular flexibility index (Phi) is 3.56. The van der Waals surface area contributed by atoms with E-state index in [1.165, 1.54) is 13.2 Å². The summed E-state index contributed by atoms with van der Waals surface area (Å²) in [6.45, 7) is 1.83. The Bertz CT molecular complexity index is 405. The summed E-state index contributed by atoms with van der Waals surface area (Å²) >= 11 is 0. The van der Waals surface area contributed by atoms with Gasteiger partial charge in [0.05, 0.1) is 4.92 Å². The molecule has 0 aliphatic rings. The van der Waals surface area contributed by atoms with E-state index < -0.39 is 22.0 Å². The maximum absolute atomic E-state index is 13.1. The van der Waals surface area contributed by atoms with Gasteiger partial charge in [-0.1, -0.05) is 6.07 Å². The lowest BCUT2D eigenvalue weighted by atomic mass is 9.95. The number of hydrogen-bond donors (Lipinski definition) is 1. The minimum absolute atomic E-state index is 0.145. The van der Waals surface area contributed by atoms with Crippen LogP contribution in [-0.2, 0) is 10.3 Å². The van der Waals surface area contributed by atoms with Gasteiger partial charge in [0.2, 0.25) is 5.82 Å². The average Bonchev–Trinajstić information content (AvgIpc) is 2.28. The van der Waals surface area contributed by atoms with E-state index in [2.05, 4.69) is 0 Å². The van der Waals surface area contributed by atoms with Gasteiger partial charge in [-0.05, 0) is 18.6 Å². The molecule has 88 valence electrons. The lowest BCUT2D eigenvalue weighted by Gasteiger charge is -2.26. The third kappa shape index (κ3) is 2.17. The first-order valence-corrected chi connectivity index (χ1v) is 4.64. The fourth-order valence-electron chi connectivity index (χ4n) is 1.30. The van der Waals surface area contributed by atoms with E-state index in [4.69, 9.17) is 10.5 Å². The molecule has 1 rings (SSSR count). The topological polar surface area (TPSA) is 78.4 Å². The smallest absolute Gasteiger partial charge is 0.305 e. The summed E-state index contributed by atoms with van der Waals surface area (Å²) < 4.78 is 18.3. The highest BCUT2D eigenvalue weighted by atomic mass is 19.1. The average molecular weight is 228 g/mol. The van der Waals surface area contributed by atoms with Crippen LogP contribution in [0.3, 0.4) is 0 Å². The number of nitro benzene ring substituents is 1. The SMILES string of the molecule is COC(C)(CN)c1ccc(F)c([N+](=O)[O-])c1. The summed E-state index contributed by atoms with van der Waals surface area (Å²) in [6, 6.07) is 3.62. The first-order chi connectivity index (χ1) is 7.44. The van der Waals surface area contributed by atoms with Crippen LogP contribution in [0.15, 0.2) is 18.2 Å². The Hall–Kier alpha value is -1.53. The van der Waals surface area contributed by atoms with Crippen LogP contribution in [0.2, 0.25) is 0 Å². The Labute approximate surface area is 92.2 Å². The molecule has 1 aromatic rings. The van der Waals surface area contributed by atoms with Crippen molar-refractivity contribution in [2.75, 3.05) is 13.7 Å². The van der Waals surface area contributed by atoms with Crippen LogP contribution in [-0.4, -0.2) is 18.6 Å². The van der Waals surface area contributed by atoms with Crippen LogP contribution in [0.1, 0.15) is 12.5 Å². The third-order valence-electron chi connectivity index (χ3n) is 2.59. The molecule has 0 amide bonds. The van der Waals surface area contributed by atoms with Crippen LogP contribution < -0.4 is 5.73 Å². The standard InChI is InChI=1S/C10H13FN2O3/c1-10(6-12,16-2)7-3-4-8(11)9(5-7)13(14)15/h3-5H,6,12H2,1-2H3. The van der Waals surface area contributed by atoms with E-state index >= 15 is 0 Å². The minimum atomic E-state index is -0.871. The molecule has 0 saturated carbocycles. The molecule has 0 fully saturated rings. The molecule has 0 spiro atoms. The summed E-state index contributed by atoms with van der Waals surface area (Å²) in [5.41, 5.74) is 4.58. The number of nitrogens with two attached hydrogens (primary N) is 1. The van der Waals surface area contributed by atoms with Crippen molar-refractivity contribution in [2.24, 2.45) is 5.73 Å². The molecule has 0 aliphatic carbocycles. The number of ether oxygens (including phenoxy) is 1. The van der Waals surface area contributed by atoms with Crippen LogP contribution in [0.5, 0.6) is 0 Å². The molecule has 1 atom stereocenters. The summed E-state index contributed by atoms with van der Waals surface area (Å²) in [7, 11) is 1.45. The van der Waals surface area contributed by atoms with Crippen LogP contribution >= 0.6 is 0 Å². The normalized spacial score (nSPS) is 14.5. The van der Waals surface area contributed by atoms with E-state index in [-0.39, 0.29) is 6.54 Å².